The summed E-state index contributed by atoms with van der Waals surface area (Å²) in [7, 11) is 0. The quantitative estimate of drug-likeness (QED) is 0.887. The summed E-state index contributed by atoms with van der Waals surface area (Å²) in [4.78, 5) is 27.5. The fourth-order valence-electron chi connectivity index (χ4n) is 4.10. The van der Waals surface area contributed by atoms with Crippen LogP contribution in [0.3, 0.4) is 0 Å². The number of amides is 2. The van der Waals surface area contributed by atoms with Crippen LogP contribution in [0.4, 0.5) is 5.69 Å². The van der Waals surface area contributed by atoms with Crippen LogP contribution in [-0.2, 0) is 4.79 Å². The Morgan fingerprint density at radius 2 is 1.72 bits per heavy atom. The zero-order valence-corrected chi connectivity index (χ0v) is 15.3. The summed E-state index contributed by atoms with van der Waals surface area (Å²) in [5, 5.41) is 6.28. The minimum atomic E-state index is 0.0273. The van der Waals surface area contributed by atoms with E-state index in [1.54, 1.807) is 0 Å². The van der Waals surface area contributed by atoms with Gasteiger partial charge in [0, 0.05) is 19.0 Å². The van der Waals surface area contributed by atoms with Crippen LogP contribution in [0.2, 0.25) is 0 Å². The van der Waals surface area contributed by atoms with Gasteiger partial charge < -0.3 is 15.5 Å². The van der Waals surface area contributed by atoms with Crippen molar-refractivity contribution in [3.63, 3.8) is 0 Å². The molecule has 0 bridgehead atoms. The van der Waals surface area contributed by atoms with E-state index in [1.807, 2.05) is 29.2 Å². The molecule has 0 radical (unpaired) electrons. The van der Waals surface area contributed by atoms with Crippen LogP contribution >= 0.6 is 0 Å². The van der Waals surface area contributed by atoms with Crippen LogP contribution in [0, 0.1) is 17.8 Å². The minimum absolute atomic E-state index is 0.0273. The second-order valence-electron chi connectivity index (χ2n) is 7.72. The number of carbonyl (C=O) groups excluding carboxylic acids is 2. The first-order chi connectivity index (χ1) is 12.0. The Labute approximate surface area is 150 Å². The van der Waals surface area contributed by atoms with Crippen molar-refractivity contribution in [2.24, 2.45) is 17.8 Å². The van der Waals surface area contributed by atoms with Crippen LogP contribution < -0.4 is 10.6 Å². The summed E-state index contributed by atoms with van der Waals surface area (Å²) >= 11 is 0. The maximum atomic E-state index is 13.0. The van der Waals surface area contributed by atoms with Crippen LogP contribution in [0.15, 0.2) is 24.3 Å². The molecule has 0 aliphatic carbocycles. The third-order valence-corrected chi connectivity index (χ3v) is 5.28. The summed E-state index contributed by atoms with van der Waals surface area (Å²) in [5.41, 5.74) is 1.24. The van der Waals surface area contributed by atoms with Crippen molar-refractivity contribution < 1.29 is 9.59 Å². The Balaban J connectivity index is 1.73. The zero-order valence-electron chi connectivity index (χ0n) is 15.3. The maximum Gasteiger partial charge on any atom is 0.255 e. The number of hydrogen-bond donors (Lipinski definition) is 2. The molecule has 25 heavy (non-hydrogen) atoms. The third kappa shape index (κ3) is 4.40. The largest absolute Gasteiger partial charge is 0.338 e. The summed E-state index contributed by atoms with van der Waals surface area (Å²) in [6, 6.07) is 7.40. The van der Waals surface area contributed by atoms with Crippen molar-refractivity contribution >= 4 is 17.5 Å². The minimum Gasteiger partial charge on any atom is -0.338 e. The molecule has 0 aromatic heterocycles. The topological polar surface area (TPSA) is 61.4 Å². The van der Waals surface area contributed by atoms with Crippen molar-refractivity contribution in [1.29, 1.82) is 0 Å². The molecule has 2 amide bonds. The number of carbonyl (C=O) groups is 2. The number of piperidine rings is 2. The number of nitrogens with zero attached hydrogens (tertiary/aromatic N) is 1. The molecule has 2 heterocycles. The smallest absolute Gasteiger partial charge is 0.255 e. The number of likely N-dealkylation sites (tertiary alicyclic amines) is 1. The van der Waals surface area contributed by atoms with E-state index < -0.39 is 0 Å². The van der Waals surface area contributed by atoms with Gasteiger partial charge in [0.15, 0.2) is 0 Å². The van der Waals surface area contributed by atoms with Crippen LogP contribution in [-0.4, -0.2) is 42.9 Å². The molecular formula is C20H29N3O2. The van der Waals surface area contributed by atoms with Gasteiger partial charge in [0.25, 0.3) is 5.91 Å². The highest BCUT2D eigenvalue weighted by molar-refractivity contribution is 6.04. The molecular weight excluding hydrogens is 314 g/mol. The van der Waals surface area contributed by atoms with Gasteiger partial charge >= 0.3 is 0 Å². The Bertz CT molecular complexity index is 615. The number of rotatable bonds is 3. The van der Waals surface area contributed by atoms with E-state index in [1.165, 1.54) is 0 Å². The first-order valence-electron chi connectivity index (χ1n) is 9.44. The Morgan fingerprint density at radius 3 is 2.40 bits per heavy atom. The van der Waals surface area contributed by atoms with Gasteiger partial charge in [0.2, 0.25) is 5.91 Å². The molecule has 2 N–H and O–H groups in total. The summed E-state index contributed by atoms with van der Waals surface area (Å²) in [5.74, 6) is 1.12. The van der Waals surface area contributed by atoms with Crippen LogP contribution in [0.25, 0.3) is 0 Å². The molecule has 2 fully saturated rings. The van der Waals surface area contributed by atoms with Crippen LogP contribution in [0.1, 0.15) is 43.5 Å². The third-order valence-electron chi connectivity index (χ3n) is 5.28. The fraction of sp³-hybridized carbons (Fsp3) is 0.600. The van der Waals surface area contributed by atoms with Crippen molar-refractivity contribution in [3.05, 3.63) is 29.8 Å². The van der Waals surface area contributed by atoms with Gasteiger partial charge in [-0.25, -0.2) is 0 Å². The lowest BCUT2D eigenvalue weighted by Gasteiger charge is -2.35. The Morgan fingerprint density at radius 1 is 1.08 bits per heavy atom. The first kappa shape index (κ1) is 17.9. The highest BCUT2D eigenvalue weighted by Crippen LogP contribution is 2.25. The van der Waals surface area contributed by atoms with Gasteiger partial charge in [0.1, 0.15) is 0 Å². The molecule has 2 aliphatic heterocycles. The predicted molar refractivity (Wildman–Crippen MR) is 99.5 cm³/mol. The zero-order chi connectivity index (χ0) is 17.8. The first-order valence-corrected chi connectivity index (χ1v) is 9.44. The molecule has 2 saturated heterocycles. The Hall–Kier alpha value is -1.88. The summed E-state index contributed by atoms with van der Waals surface area (Å²) in [6.07, 6.45) is 2.87. The normalized spacial score (nSPS) is 24.8. The van der Waals surface area contributed by atoms with E-state index in [0.717, 1.165) is 45.4 Å². The monoisotopic (exact) mass is 343 g/mol. The highest BCUT2D eigenvalue weighted by atomic mass is 16.2. The van der Waals surface area contributed by atoms with Gasteiger partial charge in [-0.2, -0.15) is 0 Å². The average molecular weight is 343 g/mol. The van der Waals surface area contributed by atoms with E-state index in [2.05, 4.69) is 24.5 Å². The van der Waals surface area contributed by atoms with Gasteiger partial charge in [-0.3, -0.25) is 9.59 Å². The Kier molecular flexibility index (Phi) is 5.74. The molecule has 136 valence electrons. The second-order valence-corrected chi connectivity index (χ2v) is 7.72. The molecule has 0 spiro atoms. The number of nitrogens with one attached hydrogen (secondary N) is 2. The summed E-state index contributed by atoms with van der Waals surface area (Å²) < 4.78 is 0. The molecule has 1 aromatic rings. The van der Waals surface area contributed by atoms with Gasteiger partial charge in [0.05, 0.1) is 11.3 Å². The lowest BCUT2D eigenvalue weighted by atomic mass is 9.91. The van der Waals surface area contributed by atoms with E-state index in [4.69, 9.17) is 0 Å². The van der Waals surface area contributed by atoms with Gasteiger partial charge in [-0.15, -0.1) is 0 Å². The molecule has 5 heteroatoms. The van der Waals surface area contributed by atoms with Crippen molar-refractivity contribution in [3.8, 4) is 0 Å². The molecule has 2 atom stereocenters. The van der Waals surface area contributed by atoms with Crippen LogP contribution in [0.5, 0.6) is 0 Å². The molecule has 2 aliphatic rings. The van der Waals surface area contributed by atoms with Gasteiger partial charge in [-0.1, -0.05) is 26.0 Å². The fourth-order valence-corrected chi connectivity index (χ4v) is 4.10. The highest BCUT2D eigenvalue weighted by Gasteiger charge is 2.28. The average Bonchev–Trinajstić information content (AvgIpc) is 2.61. The van der Waals surface area contributed by atoms with E-state index in [9.17, 15) is 9.59 Å². The SMILES string of the molecule is CC1CC(C)CN(C(=O)c2ccccc2NC(=O)C2CCNCC2)C1. The van der Waals surface area contributed by atoms with E-state index >= 15 is 0 Å². The van der Waals surface area contributed by atoms with Crippen molar-refractivity contribution in [2.45, 2.75) is 33.1 Å². The lowest BCUT2D eigenvalue weighted by molar-refractivity contribution is -0.120. The summed E-state index contributed by atoms with van der Waals surface area (Å²) in [6.45, 7) is 7.73. The number of anilines is 1. The second kappa shape index (κ2) is 8.00. The number of benzene rings is 1. The number of hydrogen-bond acceptors (Lipinski definition) is 3. The number of para-hydroxylation sites is 1. The van der Waals surface area contributed by atoms with Gasteiger partial charge in [-0.05, 0) is 56.3 Å². The molecule has 2 unspecified atom stereocenters. The van der Waals surface area contributed by atoms with Crippen molar-refractivity contribution in [1.82, 2.24) is 10.2 Å². The molecule has 0 saturated carbocycles. The molecule has 1 aromatic carbocycles. The van der Waals surface area contributed by atoms with Crippen molar-refractivity contribution in [2.75, 3.05) is 31.5 Å². The standard InChI is InChI=1S/C20H29N3O2/c1-14-11-15(2)13-23(12-14)20(25)17-5-3-4-6-18(17)22-19(24)16-7-9-21-10-8-16/h3-6,14-16,21H,7-13H2,1-2H3,(H,22,24). The predicted octanol–water partition coefficient (Wildman–Crippen LogP) is 2.74. The van der Waals surface area contributed by atoms with E-state index in [0.29, 0.717) is 23.1 Å². The maximum absolute atomic E-state index is 13.0. The lowest BCUT2D eigenvalue weighted by Crippen LogP contribution is -2.43. The molecule has 5 nitrogen and oxygen atoms in total. The van der Waals surface area contributed by atoms with E-state index in [-0.39, 0.29) is 17.7 Å². The molecule has 3 rings (SSSR count).